The molecule has 1 aromatic heterocycles. The van der Waals surface area contributed by atoms with Crippen LogP contribution < -0.4 is 15.6 Å². The van der Waals surface area contributed by atoms with E-state index in [9.17, 15) is 22.8 Å². The molecule has 0 aliphatic heterocycles. The molecule has 0 saturated carbocycles. The number of aromatic amines is 1. The molecule has 0 radical (unpaired) electrons. The number of nitrogens with one attached hydrogen (secondary N) is 2. The van der Waals surface area contributed by atoms with E-state index < -0.39 is 28.9 Å². The van der Waals surface area contributed by atoms with Crippen LogP contribution in [0, 0.1) is 13.8 Å². The van der Waals surface area contributed by atoms with Crippen molar-refractivity contribution in [2.24, 2.45) is 0 Å². The quantitative estimate of drug-likeness (QED) is 0.418. The number of carbonyl (C=O) groups excluding carboxylic acids is 1. The molecule has 3 rings (SSSR count). The van der Waals surface area contributed by atoms with Crippen molar-refractivity contribution < 1.29 is 27.4 Å². The number of ether oxygens (including phenoxy) is 2. The van der Waals surface area contributed by atoms with Crippen LogP contribution in [0.15, 0.2) is 35.1 Å². The molecule has 9 heteroatoms. The fourth-order valence-electron chi connectivity index (χ4n) is 4.20. The van der Waals surface area contributed by atoms with E-state index in [2.05, 4.69) is 10.3 Å². The number of alkyl carbamates (subject to hydrolysis) is 1. The van der Waals surface area contributed by atoms with E-state index >= 15 is 0 Å². The smallest absolute Gasteiger partial charge is 0.421 e. The van der Waals surface area contributed by atoms with Crippen LogP contribution >= 0.6 is 0 Å². The topological polar surface area (TPSA) is 80.4 Å². The Morgan fingerprint density at radius 3 is 2.25 bits per heavy atom. The second-order valence-electron chi connectivity index (χ2n) is 9.97. The standard InChI is InChI=1S/C27H31F3N2O4/c1-14-12-19(35-7)21(20-16(3)22(27(28,29)30)24(33)31-23(14)20)18-10-8-17(9-11-18)15(2)13-36-25(34)32-26(4,5)6/h8-12,15H,13H2,1-7H3,(H,31,33)(H,32,34)/t15-/m0/s1. The van der Waals surface area contributed by atoms with Crippen LogP contribution in [0.2, 0.25) is 0 Å². The Hall–Kier alpha value is -3.49. The predicted molar refractivity (Wildman–Crippen MR) is 134 cm³/mol. The lowest BCUT2D eigenvalue weighted by Crippen LogP contribution is -2.41. The van der Waals surface area contributed by atoms with Gasteiger partial charge in [-0.05, 0) is 62.9 Å². The number of benzene rings is 2. The Balaban J connectivity index is 2.05. The number of methoxy groups -OCH3 is 1. The molecule has 0 saturated heterocycles. The van der Waals surface area contributed by atoms with Crippen LogP contribution in [-0.2, 0) is 10.9 Å². The lowest BCUT2D eigenvalue weighted by Gasteiger charge is -2.21. The van der Waals surface area contributed by atoms with E-state index in [0.717, 1.165) is 5.56 Å². The minimum absolute atomic E-state index is 0.114. The van der Waals surface area contributed by atoms with Crippen molar-refractivity contribution in [2.75, 3.05) is 13.7 Å². The molecule has 0 fully saturated rings. The third kappa shape index (κ3) is 5.66. The van der Waals surface area contributed by atoms with Gasteiger partial charge in [-0.1, -0.05) is 31.2 Å². The Labute approximate surface area is 207 Å². The molecule has 0 bridgehead atoms. The van der Waals surface area contributed by atoms with Crippen LogP contribution in [-0.4, -0.2) is 30.3 Å². The fraction of sp³-hybridized carbons (Fsp3) is 0.407. The Bertz CT molecular complexity index is 1340. The van der Waals surface area contributed by atoms with Crippen molar-refractivity contribution in [1.29, 1.82) is 0 Å². The van der Waals surface area contributed by atoms with Crippen LogP contribution in [0.5, 0.6) is 5.75 Å². The third-order valence-electron chi connectivity index (χ3n) is 5.92. The van der Waals surface area contributed by atoms with Gasteiger partial charge in [0, 0.05) is 22.4 Å². The van der Waals surface area contributed by atoms with E-state index in [1.165, 1.54) is 14.0 Å². The van der Waals surface area contributed by atoms with E-state index in [1.807, 2.05) is 39.8 Å². The zero-order valence-electron chi connectivity index (χ0n) is 21.4. The highest BCUT2D eigenvalue weighted by Gasteiger charge is 2.37. The van der Waals surface area contributed by atoms with Crippen LogP contribution in [0.1, 0.15) is 55.9 Å². The molecule has 2 N–H and O–H groups in total. The number of pyridine rings is 1. The number of carbonyl (C=O) groups is 1. The summed E-state index contributed by atoms with van der Waals surface area (Å²) in [6, 6.07) is 8.93. The normalized spacial score (nSPS) is 12.9. The van der Waals surface area contributed by atoms with Gasteiger partial charge < -0.3 is 19.8 Å². The zero-order chi connectivity index (χ0) is 27.0. The number of H-pyrrole nitrogens is 1. The first-order chi connectivity index (χ1) is 16.6. The number of aromatic nitrogens is 1. The number of aryl methyl sites for hydroxylation is 2. The number of hydrogen-bond acceptors (Lipinski definition) is 4. The highest BCUT2D eigenvalue weighted by atomic mass is 19.4. The first-order valence-corrected chi connectivity index (χ1v) is 11.5. The average Bonchev–Trinajstić information content (AvgIpc) is 2.76. The van der Waals surface area contributed by atoms with Crippen LogP contribution in [0.25, 0.3) is 22.0 Å². The summed E-state index contributed by atoms with van der Waals surface area (Å²) in [6.07, 6.45) is -5.31. The summed E-state index contributed by atoms with van der Waals surface area (Å²) in [5, 5.41) is 3.01. The number of fused-ring (bicyclic) bond motifs is 1. The monoisotopic (exact) mass is 504 g/mol. The SMILES string of the molecule is COc1cc(C)c2[nH]c(=O)c(C(F)(F)F)c(C)c2c1-c1ccc([C@@H](C)COC(=O)NC(C)(C)C)cc1. The van der Waals surface area contributed by atoms with Crippen molar-refractivity contribution >= 4 is 17.0 Å². The second kappa shape index (κ2) is 9.87. The first-order valence-electron chi connectivity index (χ1n) is 11.5. The molecule has 36 heavy (non-hydrogen) atoms. The molecule has 1 atom stereocenters. The van der Waals surface area contributed by atoms with Gasteiger partial charge in [0.15, 0.2) is 0 Å². The molecular weight excluding hydrogens is 473 g/mol. The predicted octanol–water partition coefficient (Wildman–Crippen LogP) is 6.47. The molecule has 0 spiro atoms. The average molecular weight is 505 g/mol. The molecule has 1 amide bonds. The van der Waals surface area contributed by atoms with E-state index in [-0.39, 0.29) is 23.5 Å². The molecule has 1 heterocycles. The molecule has 194 valence electrons. The van der Waals surface area contributed by atoms with Gasteiger partial charge in [-0.3, -0.25) is 4.79 Å². The number of rotatable bonds is 5. The third-order valence-corrected chi connectivity index (χ3v) is 5.92. The maximum Gasteiger partial charge on any atom is 0.421 e. The van der Waals surface area contributed by atoms with Crippen LogP contribution in [0.3, 0.4) is 0 Å². The minimum Gasteiger partial charge on any atom is -0.496 e. The first kappa shape index (κ1) is 27.1. The van der Waals surface area contributed by atoms with Gasteiger partial charge in [-0.25, -0.2) is 4.79 Å². The molecule has 0 unspecified atom stereocenters. The summed E-state index contributed by atoms with van der Waals surface area (Å²) in [5.41, 5.74) is -0.0714. The van der Waals surface area contributed by atoms with Gasteiger partial charge in [0.25, 0.3) is 5.56 Å². The molecule has 2 aromatic carbocycles. The number of hydrogen-bond donors (Lipinski definition) is 2. The second-order valence-corrected chi connectivity index (χ2v) is 9.97. The van der Waals surface area contributed by atoms with Crippen molar-refractivity contribution in [2.45, 2.75) is 59.2 Å². The number of alkyl halides is 3. The molecule has 3 aromatic rings. The molecule has 0 aliphatic rings. The minimum atomic E-state index is -4.81. The summed E-state index contributed by atoms with van der Waals surface area (Å²) >= 11 is 0. The maximum absolute atomic E-state index is 13.7. The highest BCUT2D eigenvalue weighted by molar-refractivity contribution is 6.02. The lowest BCUT2D eigenvalue weighted by atomic mass is 9.91. The zero-order valence-corrected chi connectivity index (χ0v) is 21.4. The van der Waals surface area contributed by atoms with Crippen LogP contribution in [0.4, 0.5) is 18.0 Å². The Kier molecular flexibility index (Phi) is 7.43. The fourth-order valence-corrected chi connectivity index (χ4v) is 4.20. The lowest BCUT2D eigenvalue weighted by molar-refractivity contribution is -0.139. The summed E-state index contributed by atoms with van der Waals surface area (Å²) in [5.74, 6) is 0.280. The van der Waals surface area contributed by atoms with E-state index in [0.29, 0.717) is 28.0 Å². The van der Waals surface area contributed by atoms with Gasteiger partial charge >= 0.3 is 12.3 Å². The van der Waals surface area contributed by atoms with Gasteiger partial charge in [-0.15, -0.1) is 0 Å². The van der Waals surface area contributed by atoms with Gasteiger partial charge in [0.05, 0.1) is 19.2 Å². The number of halogens is 3. The summed E-state index contributed by atoms with van der Waals surface area (Å²) in [7, 11) is 1.45. The largest absolute Gasteiger partial charge is 0.496 e. The Morgan fingerprint density at radius 2 is 1.72 bits per heavy atom. The van der Waals surface area contributed by atoms with Crippen molar-refractivity contribution in [1.82, 2.24) is 10.3 Å². The highest BCUT2D eigenvalue weighted by Crippen LogP contribution is 2.42. The van der Waals surface area contributed by atoms with Crippen molar-refractivity contribution in [3.63, 3.8) is 0 Å². The van der Waals surface area contributed by atoms with E-state index in [4.69, 9.17) is 9.47 Å². The van der Waals surface area contributed by atoms with Crippen molar-refractivity contribution in [3.8, 4) is 16.9 Å². The molecule has 6 nitrogen and oxygen atoms in total. The van der Waals surface area contributed by atoms with E-state index in [1.54, 1.807) is 25.1 Å². The van der Waals surface area contributed by atoms with Gasteiger partial charge in [0.1, 0.15) is 11.3 Å². The summed E-state index contributed by atoms with van der Waals surface area (Å²) < 4.78 is 52.0. The summed E-state index contributed by atoms with van der Waals surface area (Å²) in [4.78, 5) is 26.7. The molecular formula is C27H31F3N2O4. The number of amides is 1. The van der Waals surface area contributed by atoms with Crippen molar-refractivity contribution in [3.05, 3.63) is 62.9 Å². The van der Waals surface area contributed by atoms with Gasteiger partial charge in [-0.2, -0.15) is 13.2 Å². The molecule has 0 aliphatic carbocycles. The van der Waals surface area contributed by atoms with Gasteiger partial charge in [0.2, 0.25) is 0 Å². The summed E-state index contributed by atoms with van der Waals surface area (Å²) in [6.45, 7) is 10.6. The Morgan fingerprint density at radius 1 is 1.11 bits per heavy atom. The maximum atomic E-state index is 13.7.